The van der Waals surface area contributed by atoms with Gasteiger partial charge >= 0.3 is 0 Å². The lowest BCUT2D eigenvalue weighted by molar-refractivity contribution is 0.285. The number of H-pyrrole nitrogens is 1. The van der Waals surface area contributed by atoms with Crippen molar-refractivity contribution in [2.24, 2.45) is 5.41 Å². The maximum atomic E-state index is 13.3. The number of hydrogen-bond donors (Lipinski definition) is 1. The highest BCUT2D eigenvalue weighted by atomic mass is 19.1. The minimum atomic E-state index is -0.304. The molecule has 49 heavy (non-hydrogen) atoms. The molecule has 0 unspecified atom stereocenters. The Morgan fingerprint density at radius 3 is 1.80 bits per heavy atom. The summed E-state index contributed by atoms with van der Waals surface area (Å²) in [6, 6.07) is 41.8. The molecule has 5 nitrogen and oxygen atoms in total. The summed E-state index contributed by atoms with van der Waals surface area (Å²) in [7, 11) is 0. The van der Waals surface area contributed by atoms with Crippen LogP contribution in [-0.2, 0) is 0 Å². The van der Waals surface area contributed by atoms with E-state index in [9.17, 15) is 13.6 Å². The number of nitrogens with zero attached hydrogens (tertiary/aromatic N) is 2. The summed E-state index contributed by atoms with van der Waals surface area (Å²) in [5.74, 6) is -0.0229. The monoisotopic (exact) mass is 653 g/mol. The van der Waals surface area contributed by atoms with Gasteiger partial charge in [-0.2, -0.15) is 5.26 Å². The van der Waals surface area contributed by atoms with Crippen molar-refractivity contribution in [2.45, 2.75) is 33.1 Å². The van der Waals surface area contributed by atoms with Crippen molar-refractivity contribution in [2.75, 3.05) is 6.61 Å². The van der Waals surface area contributed by atoms with Crippen molar-refractivity contribution >= 4 is 0 Å². The molecule has 0 spiro atoms. The molecule has 0 aliphatic carbocycles. The second kappa shape index (κ2) is 16.3. The maximum absolute atomic E-state index is 13.3. The summed E-state index contributed by atoms with van der Waals surface area (Å²) in [6.45, 7) is 4.44. The Bertz CT molecular complexity index is 2050. The zero-order chi connectivity index (χ0) is 34.6. The van der Waals surface area contributed by atoms with E-state index in [0.717, 1.165) is 58.3 Å². The number of pyridine rings is 2. The molecular formula is C42H37F2N3O2. The van der Waals surface area contributed by atoms with Crippen molar-refractivity contribution in [1.29, 1.82) is 5.26 Å². The van der Waals surface area contributed by atoms with Gasteiger partial charge in [-0.05, 0) is 122 Å². The van der Waals surface area contributed by atoms with E-state index in [1.54, 1.807) is 30.3 Å². The number of benzene rings is 4. The summed E-state index contributed by atoms with van der Waals surface area (Å²) in [4.78, 5) is 19.2. The molecule has 246 valence electrons. The molecule has 0 radical (unpaired) electrons. The molecule has 6 rings (SSSR count). The highest BCUT2D eigenvalue weighted by Gasteiger charge is 2.15. The summed E-state index contributed by atoms with van der Waals surface area (Å²) < 4.78 is 32.2. The molecule has 0 amide bonds. The lowest BCUT2D eigenvalue weighted by Crippen LogP contribution is -2.08. The third-order valence-corrected chi connectivity index (χ3v) is 7.90. The van der Waals surface area contributed by atoms with Gasteiger partial charge in [0.15, 0.2) is 0 Å². The highest BCUT2D eigenvalue weighted by Crippen LogP contribution is 2.29. The van der Waals surface area contributed by atoms with Gasteiger partial charge in [-0.15, -0.1) is 0 Å². The number of aromatic amines is 1. The number of nitrogens with one attached hydrogen (secondary N) is 1. The number of aromatic nitrogens is 2. The first-order valence-electron chi connectivity index (χ1n) is 16.1. The van der Waals surface area contributed by atoms with Gasteiger partial charge in [-0.1, -0.05) is 60.7 Å². The SMILES string of the molecule is CC(C)(C#N)CCCCOc1cc(-c2ccccc2)cc(-c2ccc(F)cc2)n1.O=c1cc(-c2ccccc2)cc(-c2ccc(F)cc2)[nH]1. The van der Waals surface area contributed by atoms with E-state index in [1.807, 2.05) is 92.7 Å². The highest BCUT2D eigenvalue weighted by molar-refractivity contribution is 5.72. The summed E-state index contributed by atoms with van der Waals surface area (Å²) in [5.41, 5.74) is 6.44. The Kier molecular flexibility index (Phi) is 11.5. The van der Waals surface area contributed by atoms with Crippen LogP contribution in [0.3, 0.4) is 0 Å². The molecule has 0 saturated heterocycles. The van der Waals surface area contributed by atoms with Crippen molar-refractivity contribution in [3.8, 4) is 56.7 Å². The average molecular weight is 654 g/mol. The van der Waals surface area contributed by atoms with Gasteiger partial charge in [0, 0.05) is 23.4 Å². The van der Waals surface area contributed by atoms with E-state index < -0.39 is 0 Å². The number of unbranched alkanes of at least 4 members (excludes halogenated alkanes) is 1. The van der Waals surface area contributed by atoms with Crippen LogP contribution in [0.15, 0.2) is 138 Å². The first-order valence-corrected chi connectivity index (χ1v) is 16.1. The Hall–Kier alpha value is -5.87. The average Bonchev–Trinajstić information content (AvgIpc) is 3.13. The summed E-state index contributed by atoms with van der Waals surface area (Å²) >= 11 is 0. The fourth-order valence-corrected chi connectivity index (χ4v) is 5.17. The van der Waals surface area contributed by atoms with Crippen molar-refractivity contribution < 1.29 is 13.5 Å². The maximum Gasteiger partial charge on any atom is 0.249 e. The number of ether oxygens (including phenoxy) is 1. The topological polar surface area (TPSA) is 78.8 Å². The Morgan fingerprint density at radius 1 is 0.673 bits per heavy atom. The molecule has 2 heterocycles. The van der Waals surface area contributed by atoms with Crippen LogP contribution < -0.4 is 10.3 Å². The zero-order valence-electron chi connectivity index (χ0n) is 27.5. The first kappa shape index (κ1) is 34.5. The number of nitriles is 1. The molecule has 4 aromatic carbocycles. The second-order valence-corrected chi connectivity index (χ2v) is 12.3. The van der Waals surface area contributed by atoms with Gasteiger partial charge in [0.25, 0.3) is 0 Å². The molecule has 0 bridgehead atoms. The van der Waals surface area contributed by atoms with Crippen molar-refractivity contribution in [3.63, 3.8) is 0 Å². The quantitative estimate of drug-likeness (QED) is 0.149. The summed E-state index contributed by atoms with van der Waals surface area (Å²) in [6.07, 6.45) is 2.61. The number of hydrogen-bond acceptors (Lipinski definition) is 4. The Balaban J connectivity index is 0.000000204. The molecule has 6 aromatic rings. The van der Waals surface area contributed by atoms with Gasteiger partial charge in [0.1, 0.15) is 11.6 Å². The molecule has 0 aliphatic rings. The zero-order valence-corrected chi connectivity index (χ0v) is 27.5. The van der Waals surface area contributed by atoms with Crippen LogP contribution in [0.2, 0.25) is 0 Å². The molecule has 0 aliphatic heterocycles. The van der Waals surface area contributed by atoms with Crippen LogP contribution >= 0.6 is 0 Å². The van der Waals surface area contributed by atoms with Gasteiger partial charge in [-0.25, -0.2) is 13.8 Å². The third kappa shape index (κ3) is 10.1. The van der Waals surface area contributed by atoms with E-state index in [2.05, 4.69) is 16.0 Å². The fourth-order valence-electron chi connectivity index (χ4n) is 5.17. The predicted molar refractivity (Wildman–Crippen MR) is 192 cm³/mol. The molecule has 0 saturated carbocycles. The normalized spacial score (nSPS) is 10.8. The molecule has 0 atom stereocenters. The molecule has 1 N–H and O–H groups in total. The molecule has 0 fully saturated rings. The second-order valence-electron chi connectivity index (χ2n) is 12.3. The van der Waals surface area contributed by atoms with Gasteiger partial charge in [0.2, 0.25) is 11.4 Å². The third-order valence-electron chi connectivity index (χ3n) is 7.90. The molecule has 7 heteroatoms. The number of halogens is 2. The van der Waals surface area contributed by atoms with Gasteiger partial charge in [-0.3, -0.25) is 4.79 Å². The van der Waals surface area contributed by atoms with Gasteiger partial charge in [0.05, 0.1) is 23.8 Å². The van der Waals surface area contributed by atoms with Crippen LogP contribution in [0, 0.1) is 28.4 Å². The van der Waals surface area contributed by atoms with E-state index in [1.165, 1.54) is 24.3 Å². The van der Waals surface area contributed by atoms with Crippen LogP contribution in [0.5, 0.6) is 5.88 Å². The van der Waals surface area contributed by atoms with E-state index >= 15 is 0 Å². The van der Waals surface area contributed by atoms with E-state index in [0.29, 0.717) is 18.2 Å². The molecular weight excluding hydrogens is 616 g/mol. The Labute approximate surface area is 285 Å². The largest absolute Gasteiger partial charge is 0.478 e. The van der Waals surface area contributed by atoms with Crippen molar-refractivity contribution in [3.05, 3.63) is 155 Å². The van der Waals surface area contributed by atoms with Crippen LogP contribution in [0.25, 0.3) is 44.8 Å². The molecule has 2 aromatic heterocycles. The lowest BCUT2D eigenvalue weighted by atomic mass is 9.89. The van der Waals surface area contributed by atoms with Crippen LogP contribution in [0.4, 0.5) is 8.78 Å². The Morgan fingerprint density at radius 2 is 1.22 bits per heavy atom. The lowest BCUT2D eigenvalue weighted by Gasteiger charge is -2.15. The first-order chi connectivity index (χ1) is 23.7. The summed E-state index contributed by atoms with van der Waals surface area (Å²) in [5, 5.41) is 9.11. The standard InChI is InChI=1S/C25H25FN2O.C17H12FNO/c1-25(2,18-27)14-6-7-15-29-24-17-21(19-8-4-3-5-9-19)16-23(28-24)20-10-12-22(26)13-11-20;18-15-8-6-13(7-9-15)16-10-14(11-17(20)19-16)12-4-2-1-3-5-12/h3-5,8-13,16-17H,6-7,14-15H2,1-2H3;1-11H,(H,19,20). The van der Waals surface area contributed by atoms with Crippen molar-refractivity contribution in [1.82, 2.24) is 9.97 Å². The van der Waals surface area contributed by atoms with Gasteiger partial charge < -0.3 is 9.72 Å². The van der Waals surface area contributed by atoms with Crippen LogP contribution in [0.1, 0.15) is 33.1 Å². The predicted octanol–water partition coefficient (Wildman–Crippen LogP) is 10.5. The number of rotatable bonds is 10. The minimum Gasteiger partial charge on any atom is -0.478 e. The van der Waals surface area contributed by atoms with E-state index in [-0.39, 0.29) is 22.6 Å². The van der Waals surface area contributed by atoms with E-state index in [4.69, 9.17) is 10.00 Å². The minimum absolute atomic E-state index is 0.175. The smallest absolute Gasteiger partial charge is 0.249 e. The fraction of sp³-hybridized carbons (Fsp3) is 0.167. The van der Waals surface area contributed by atoms with Crippen LogP contribution in [-0.4, -0.2) is 16.6 Å².